The van der Waals surface area contributed by atoms with Gasteiger partial charge in [-0.25, -0.2) is 0 Å². The van der Waals surface area contributed by atoms with Crippen LogP contribution in [0, 0.1) is 11.3 Å². The number of carbonyl (C=O) groups is 3. The Labute approximate surface area is 239 Å². The number of methoxy groups -OCH3 is 1. The molecule has 1 aromatic rings. The number of aliphatic hydroxyl groups excluding tert-OH is 1. The van der Waals surface area contributed by atoms with E-state index in [9.17, 15) is 19.5 Å². The Morgan fingerprint density at radius 1 is 1.18 bits per heavy atom. The van der Waals surface area contributed by atoms with Gasteiger partial charge >= 0.3 is 0 Å². The Bertz CT molecular complexity index is 1080. The monoisotopic (exact) mass is 556 g/mol. The SMILES string of the molecule is CCCN(CCC)C(=O)C1=CC(C(N)=O)=CC(C[C@@H](O)[C@@H](N)Cc2cccc(OC)c2)(C(=O)NCCC(C)C)C1. The van der Waals surface area contributed by atoms with Crippen molar-refractivity contribution in [1.29, 1.82) is 0 Å². The van der Waals surface area contributed by atoms with Crippen molar-refractivity contribution in [2.75, 3.05) is 26.7 Å². The van der Waals surface area contributed by atoms with E-state index >= 15 is 0 Å². The average Bonchev–Trinajstić information content (AvgIpc) is 2.92. The molecule has 40 heavy (non-hydrogen) atoms. The van der Waals surface area contributed by atoms with Gasteiger partial charge in [-0.1, -0.05) is 45.9 Å². The standard InChI is InChI=1S/C31H48N4O5/c1-6-13-35(14-7-2)29(38)24-17-23(28(33)37)18-31(19-24,30(39)34-12-11-21(3)4)20-27(36)26(32)16-22-9-8-10-25(15-22)40-5/h8-10,15,17-18,21,26-27,36H,6-7,11-14,16,19-20,32H2,1-5H3,(H2,33,37)(H,34,39)/t26-,27+,31?/m0/s1. The molecular weight excluding hydrogens is 508 g/mol. The zero-order valence-corrected chi connectivity index (χ0v) is 24.7. The second-order valence-corrected chi connectivity index (χ2v) is 11.2. The van der Waals surface area contributed by atoms with Crippen molar-refractivity contribution in [2.45, 2.75) is 78.4 Å². The molecule has 222 valence electrons. The first-order valence-electron chi connectivity index (χ1n) is 14.3. The number of hydrogen-bond donors (Lipinski definition) is 4. The summed E-state index contributed by atoms with van der Waals surface area (Å²) < 4.78 is 5.29. The average molecular weight is 557 g/mol. The van der Waals surface area contributed by atoms with Crippen LogP contribution >= 0.6 is 0 Å². The summed E-state index contributed by atoms with van der Waals surface area (Å²) in [6.07, 6.45) is 4.51. The molecule has 0 spiro atoms. The number of rotatable bonds is 16. The van der Waals surface area contributed by atoms with Gasteiger partial charge in [0.15, 0.2) is 0 Å². The number of amides is 3. The van der Waals surface area contributed by atoms with Gasteiger partial charge in [0.25, 0.3) is 0 Å². The van der Waals surface area contributed by atoms with Crippen LogP contribution in [0.25, 0.3) is 0 Å². The Balaban J connectivity index is 2.44. The first-order valence-corrected chi connectivity index (χ1v) is 14.3. The third kappa shape index (κ3) is 9.20. The molecule has 0 aliphatic heterocycles. The molecule has 9 heteroatoms. The number of aliphatic hydroxyl groups is 1. The predicted molar refractivity (Wildman–Crippen MR) is 157 cm³/mol. The van der Waals surface area contributed by atoms with Crippen molar-refractivity contribution < 1.29 is 24.2 Å². The van der Waals surface area contributed by atoms with Gasteiger partial charge in [0.1, 0.15) is 5.75 Å². The van der Waals surface area contributed by atoms with E-state index in [1.165, 1.54) is 12.2 Å². The van der Waals surface area contributed by atoms with E-state index in [2.05, 4.69) is 19.2 Å². The molecule has 3 amide bonds. The van der Waals surface area contributed by atoms with Crippen molar-refractivity contribution in [3.05, 3.63) is 53.1 Å². The summed E-state index contributed by atoms with van der Waals surface area (Å²) in [6.45, 7) is 9.64. The summed E-state index contributed by atoms with van der Waals surface area (Å²) in [7, 11) is 1.58. The normalized spacial score (nSPS) is 18.4. The van der Waals surface area contributed by atoms with Crippen LogP contribution in [0.5, 0.6) is 5.75 Å². The molecule has 0 heterocycles. The number of ether oxygens (including phenoxy) is 1. The van der Waals surface area contributed by atoms with E-state index in [4.69, 9.17) is 16.2 Å². The maximum atomic E-state index is 13.8. The van der Waals surface area contributed by atoms with Crippen LogP contribution in [0.4, 0.5) is 0 Å². The third-order valence-electron chi connectivity index (χ3n) is 7.23. The van der Waals surface area contributed by atoms with Gasteiger partial charge in [0.2, 0.25) is 17.7 Å². The third-order valence-corrected chi connectivity index (χ3v) is 7.23. The van der Waals surface area contributed by atoms with Crippen LogP contribution < -0.4 is 21.5 Å². The van der Waals surface area contributed by atoms with Gasteiger partial charge in [-0.05, 0) is 68.2 Å². The number of benzene rings is 1. The number of nitrogens with one attached hydrogen (secondary N) is 1. The molecule has 6 N–H and O–H groups in total. The van der Waals surface area contributed by atoms with Gasteiger partial charge in [0, 0.05) is 36.8 Å². The molecule has 9 nitrogen and oxygen atoms in total. The molecule has 0 saturated carbocycles. The fourth-order valence-electron chi connectivity index (χ4n) is 5.06. The van der Waals surface area contributed by atoms with Crippen LogP contribution in [0.2, 0.25) is 0 Å². The molecule has 2 rings (SSSR count). The molecule has 0 saturated heterocycles. The molecule has 3 atom stereocenters. The zero-order chi connectivity index (χ0) is 29.9. The highest BCUT2D eigenvalue weighted by Gasteiger charge is 2.44. The van der Waals surface area contributed by atoms with Crippen LogP contribution in [0.15, 0.2) is 47.6 Å². The molecule has 0 bridgehead atoms. The second kappa shape index (κ2) is 15.6. The molecule has 0 radical (unpaired) electrons. The van der Waals surface area contributed by atoms with E-state index in [1.807, 2.05) is 38.1 Å². The lowest BCUT2D eigenvalue weighted by Crippen LogP contribution is -2.49. The van der Waals surface area contributed by atoms with Crippen LogP contribution in [-0.4, -0.2) is 66.6 Å². The highest BCUT2D eigenvalue weighted by atomic mass is 16.5. The van der Waals surface area contributed by atoms with Crippen molar-refractivity contribution in [3.8, 4) is 5.75 Å². The minimum absolute atomic E-state index is 0.0307. The molecule has 0 fully saturated rings. The number of nitrogens with two attached hydrogens (primary N) is 2. The predicted octanol–water partition coefficient (Wildman–Crippen LogP) is 2.86. The molecule has 1 unspecified atom stereocenters. The minimum Gasteiger partial charge on any atom is -0.497 e. The van der Waals surface area contributed by atoms with Crippen LogP contribution in [-0.2, 0) is 20.8 Å². The molecule has 1 aliphatic carbocycles. The number of hydrogen-bond acceptors (Lipinski definition) is 6. The minimum atomic E-state index is -1.38. The lowest BCUT2D eigenvalue weighted by atomic mass is 9.70. The van der Waals surface area contributed by atoms with E-state index < -0.39 is 23.5 Å². The van der Waals surface area contributed by atoms with E-state index in [-0.39, 0.29) is 30.2 Å². The smallest absolute Gasteiger partial charge is 0.249 e. The fraction of sp³-hybridized carbons (Fsp3) is 0.581. The van der Waals surface area contributed by atoms with E-state index in [1.54, 1.807) is 12.0 Å². The largest absolute Gasteiger partial charge is 0.497 e. The first-order chi connectivity index (χ1) is 19.0. The Hall–Kier alpha value is -3.17. The number of primary amides is 1. The molecule has 0 aromatic heterocycles. The van der Waals surface area contributed by atoms with Gasteiger partial charge in [0.05, 0.1) is 18.6 Å². The Morgan fingerprint density at radius 2 is 1.85 bits per heavy atom. The molecule has 1 aromatic carbocycles. The lowest BCUT2D eigenvalue weighted by molar-refractivity contribution is -0.131. The number of nitrogens with zero attached hydrogens (tertiary/aromatic N) is 1. The van der Waals surface area contributed by atoms with Gasteiger partial charge in [-0.15, -0.1) is 0 Å². The van der Waals surface area contributed by atoms with Gasteiger partial charge in [-0.3, -0.25) is 14.4 Å². The van der Waals surface area contributed by atoms with Crippen molar-refractivity contribution in [3.63, 3.8) is 0 Å². The topological polar surface area (TPSA) is 148 Å². The van der Waals surface area contributed by atoms with Crippen molar-refractivity contribution >= 4 is 17.7 Å². The van der Waals surface area contributed by atoms with E-state index in [0.717, 1.165) is 24.8 Å². The summed E-state index contributed by atoms with van der Waals surface area (Å²) >= 11 is 0. The van der Waals surface area contributed by atoms with Crippen LogP contribution in [0.3, 0.4) is 0 Å². The molecule has 1 aliphatic rings. The summed E-state index contributed by atoms with van der Waals surface area (Å²) in [5.41, 5.74) is 12.0. The van der Waals surface area contributed by atoms with Crippen molar-refractivity contribution in [1.82, 2.24) is 10.2 Å². The number of carbonyl (C=O) groups excluding carboxylic acids is 3. The highest BCUT2D eigenvalue weighted by Crippen LogP contribution is 2.40. The van der Waals surface area contributed by atoms with E-state index in [0.29, 0.717) is 43.3 Å². The highest BCUT2D eigenvalue weighted by molar-refractivity contribution is 6.03. The Morgan fingerprint density at radius 3 is 2.42 bits per heavy atom. The maximum Gasteiger partial charge on any atom is 0.249 e. The summed E-state index contributed by atoms with van der Waals surface area (Å²) in [5.74, 6) is -0.286. The quantitative estimate of drug-likeness (QED) is 0.246. The van der Waals surface area contributed by atoms with Crippen molar-refractivity contribution in [2.24, 2.45) is 22.8 Å². The fourth-order valence-corrected chi connectivity index (χ4v) is 5.06. The van der Waals surface area contributed by atoms with Crippen LogP contribution in [0.1, 0.15) is 65.4 Å². The summed E-state index contributed by atoms with van der Waals surface area (Å²) in [6, 6.07) is 6.71. The summed E-state index contributed by atoms with van der Waals surface area (Å²) in [5, 5.41) is 14.3. The zero-order valence-electron chi connectivity index (χ0n) is 24.7. The van der Waals surface area contributed by atoms with Gasteiger partial charge in [-0.2, -0.15) is 0 Å². The van der Waals surface area contributed by atoms with Gasteiger partial charge < -0.3 is 31.5 Å². The first kappa shape index (κ1) is 33.0. The lowest BCUT2D eigenvalue weighted by Gasteiger charge is -2.37. The Kier molecular flexibility index (Phi) is 12.9. The molecular formula is C31H48N4O5. The summed E-state index contributed by atoms with van der Waals surface area (Å²) in [4.78, 5) is 41.6. The second-order valence-electron chi connectivity index (χ2n) is 11.2. The maximum absolute atomic E-state index is 13.8.